The fourth-order valence-corrected chi connectivity index (χ4v) is 4.77. The van der Waals surface area contributed by atoms with Gasteiger partial charge in [-0.05, 0) is 42.4 Å². The van der Waals surface area contributed by atoms with Gasteiger partial charge >= 0.3 is 0 Å². The zero-order chi connectivity index (χ0) is 21.0. The molecule has 4 heteroatoms. The second kappa shape index (κ2) is 8.66. The third-order valence-corrected chi connectivity index (χ3v) is 5.96. The lowest BCUT2D eigenvalue weighted by molar-refractivity contribution is -0.118. The number of carbonyl (C=O) groups is 1. The molecular weight excluding hydrogens is 358 g/mol. The Kier molecular flexibility index (Phi) is 6.23. The molecule has 0 saturated carbocycles. The summed E-state index contributed by atoms with van der Waals surface area (Å²) in [5.74, 6) is 0.387. The van der Waals surface area contributed by atoms with Crippen LogP contribution in [0.1, 0.15) is 63.9 Å². The lowest BCUT2D eigenvalue weighted by atomic mass is 9.65. The van der Waals surface area contributed by atoms with Crippen LogP contribution in [0.2, 0.25) is 0 Å². The summed E-state index contributed by atoms with van der Waals surface area (Å²) in [7, 11) is 0. The van der Waals surface area contributed by atoms with Gasteiger partial charge in [-0.25, -0.2) is 0 Å². The summed E-state index contributed by atoms with van der Waals surface area (Å²) < 4.78 is 0. The van der Waals surface area contributed by atoms with E-state index in [9.17, 15) is 4.79 Å². The molecule has 1 aromatic rings. The molecule has 4 nitrogen and oxygen atoms in total. The van der Waals surface area contributed by atoms with E-state index in [1.165, 1.54) is 11.1 Å². The highest BCUT2D eigenvalue weighted by Crippen LogP contribution is 2.48. The smallest absolute Gasteiger partial charge is 0.160 e. The minimum Gasteiger partial charge on any atom is -0.369 e. The van der Waals surface area contributed by atoms with E-state index < -0.39 is 0 Å². The molecule has 0 radical (unpaired) electrons. The van der Waals surface area contributed by atoms with Gasteiger partial charge in [-0.15, -0.1) is 0 Å². The van der Waals surface area contributed by atoms with Gasteiger partial charge < -0.3 is 4.90 Å². The van der Waals surface area contributed by atoms with Crippen molar-refractivity contribution in [2.45, 2.75) is 58.3 Å². The molecule has 150 valence electrons. The molecule has 0 unspecified atom stereocenters. The van der Waals surface area contributed by atoms with E-state index >= 15 is 0 Å². The Morgan fingerprint density at radius 2 is 1.72 bits per heavy atom. The van der Waals surface area contributed by atoms with Crippen LogP contribution in [0.4, 0.5) is 5.69 Å². The largest absolute Gasteiger partial charge is 0.369 e. The molecular formula is C25H29N3O. The Hall–Kier alpha value is -2.85. The van der Waals surface area contributed by atoms with Crippen LogP contribution in [0.15, 0.2) is 47.6 Å². The molecule has 0 amide bonds. The first-order valence-electron chi connectivity index (χ1n) is 10.3. The third-order valence-electron chi connectivity index (χ3n) is 5.96. The van der Waals surface area contributed by atoms with E-state index in [0.29, 0.717) is 38.1 Å². The zero-order valence-electron chi connectivity index (χ0n) is 17.5. The number of hydrogen-bond donors (Lipinski definition) is 0. The highest BCUT2D eigenvalue weighted by molar-refractivity contribution is 5.99. The fourth-order valence-electron chi connectivity index (χ4n) is 4.77. The van der Waals surface area contributed by atoms with Gasteiger partial charge in [0.15, 0.2) is 5.78 Å². The van der Waals surface area contributed by atoms with Gasteiger partial charge in [-0.3, -0.25) is 4.79 Å². The molecule has 0 spiro atoms. The van der Waals surface area contributed by atoms with Gasteiger partial charge in [0, 0.05) is 36.7 Å². The van der Waals surface area contributed by atoms with Crippen LogP contribution in [0.25, 0.3) is 0 Å². The van der Waals surface area contributed by atoms with Crippen LogP contribution in [0.3, 0.4) is 0 Å². The monoisotopic (exact) mass is 387 g/mol. The van der Waals surface area contributed by atoms with Crippen molar-refractivity contribution in [2.24, 2.45) is 5.41 Å². The SMILES string of the molecule is C=C1CC2=C(C(=O)CC(C)(C)C2)[C@@H](c2ccc(N(CCC#N)CCC#N)cc2)C1. The van der Waals surface area contributed by atoms with Crippen molar-refractivity contribution in [3.63, 3.8) is 0 Å². The number of Topliss-reactive ketones (excluding diaryl/α,β-unsaturated/α-hetero) is 1. The molecule has 29 heavy (non-hydrogen) atoms. The predicted molar refractivity (Wildman–Crippen MR) is 115 cm³/mol. The molecule has 0 aromatic heterocycles. The zero-order valence-corrected chi connectivity index (χ0v) is 17.5. The Bertz CT molecular complexity index is 891. The summed E-state index contributed by atoms with van der Waals surface area (Å²) in [6.07, 6.45) is 4.12. The van der Waals surface area contributed by atoms with Gasteiger partial charge in [-0.2, -0.15) is 10.5 Å². The molecule has 2 aliphatic rings. The quantitative estimate of drug-likeness (QED) is 0.610. The van der Waals surface area contributed by atoms with E-state index in [1.807, 2.05) is 0 Å². The standard InChI is InChI=1S/C25H29N3O/c1-18-14-20-16-25(2,3)17-23(29)24(20)22(15-18)19-6-8-21(9-7-19)28(12-4-10-26)13-5-11-27/h6-9,22H,1,4-5,12-17H2,2-3H3/t22-/m1/s1. The van der Waals surface area contributed by atoms with Crippen LogP contribution in [0, 0.1) is 28.1 Å². The minimum atomic E-state index is 0.0317. The first kappa shape index (κ1) is 20.9. The second-order valence-electron chi connectivity index (χ2n) is 9.04. The number of hydrogen-bond acceptors (Lipinski definition) is 4. The number of ketones is 1. The van der Waals surface area contributed by atoms with Gasteiger partial charge in [0.2, 0.25) is 0 Å². The maximum absolute atomic E-state index is 13.0. The van der Waals surface area contributed by atoms with Gasteiger partial charge in [-0.1, -0.05) is 43.7 Å². The molecule has 0 fully saturated rings. The van der Waals surface area contributed by atoms with Crippen molar-refractivity contribution in [1.29, 1.82) is 10.5 Å². The number of allylic oxidation sites excluding steroid dienone is 3. The van der Waals surface area contributed by atoms with E-state index in [1.54, 1.807) is 0 Å². The van der Waals surface area contributed by atoms with E-state index in [-0.39, 0.29) is 11.3 Å². The fraction of sp³-hybridized carbons (Fsp3) is 0.480. The van der Waals surface area contributed by atoms with Crippen molar-refractivity contribution in [1.82, 2.24) is 0 Å². The van der Waals surface area contributed by atoms with Crippen molar-refractivity contribution < 1.29 is 4.79 Å². The summed E-state index contributed by atoms with van der Waals surface area (Å²) in [4.78, 5) is 15.1. The molecule has 1 aromatic carbocycles. The molecule has 1 atom stereocenters. The van der Waals surface area contributed by atoms with Crippen LogP contribution < -0.4 is 4.90 Å². The molecule has 0 N–H and O–H groups in total. The summed E-state index contributed by atoms with van der Waals surface area (Å²) in [5.41, 5.74) is 5.70. The molecule has 3 rings (SSSR count). The number of rotatable bonds is 6. The number of carbonyl (C=O) groups excluding carboxylic acids is 1. The molecule has 0 aliphatic heterocycles. The lowest BCUT2D eigenvalue weighted by Gasteiger charge is -2.39. The maximum atomic E-state index is 13.0. The van der Waals surface area contributed by atoms with Crippen molar-refractivity contribution in [2.75, 3.05) is 18.0 Å². The molecule has 0 bridgehead atoms. The molecule has 0 saturated heterocycles. The van der Waals surface area contributed by atoms with Crippen LogP contribution in [0.5, 0.6) is 0 Å². The van der Waals surface area contributed by atoms with Crippen LogP contribution in [-0.2, 0) is 4.79 Å². The van der Waals surface area contributed by atoms with Crippen molar-refractivity contribution in [3.8, 4) is 12.1 Å². The number of benzene rings is 1. The average Bonchev–Trinajstić information content (AvgIpc) is 2.66. The van der Waals surface area contributed by atoms with Gasteiger partial charge in [0.25, 0.3) is 0 Å². The Morgan fingerprint density at radius 1 is 1.10 bits per heavy atom. The molecule has 2 aliphatic carbocycles. The normalized spacial score (nSPS) is 20.6. The lowest BCUT2D eigenvalue weighted by Crippen LogP contribution is -2.31. The topological polar surface area (TPSA) is 67.9 Å². The van der Waals surface area contributed by atoms with Gasteiger partial charge in [0.05, 0.1) is 25.0 Å². The van der Waals surface area contributed by atoms with E-state index in [4.69, 9.17) is 10.5 Å². The Morgan fingerprint density at radius 3 is 2.31 bits per heavy atom. The summed E-state index contributed by atoms with van der Waals surface area (Å²) >= 11 is 0. The Balaban J connectivity index is 1.88. The highest BCUT2D eigenvalue weighted by Gasteiger charge is 2.38. The minimum absolute atomic E-state index is 0.0317. The summed E-state index contributed by atoms with van der Waals surface area (Å²) in [5, 5.41) is 17.8. The maximum Gasteiger partial charge on any atom is 0.160 e. The van der Waals surface area contributed by atoms with Gasteiger partial charge in [0.1, 0.15) is 0 Å². The number of nitriles is 2. The number of anilines is 1. The Labute approximate surface area is 174 Å². The van der Waals surface area contributed by atoms with Crippen LogP contribution in [-0.4, -0.2) is 18.9 Å². The number of nitrogens with zero attached hydrogens (tertiary/aromatic N) is 3. The summed E-state index contributed by atoms with van der Waals surface area (Å²) in [6, 6.07) is 12.7. The highest BCUT2D eigenvalue weighted by atomic mass is 16.1. The van der Waals surface area contributed by atoms with Crippen LogP contribution >= 0.6 is 0 Å². The van der Waals surface area contributed by atoms with E-state index in [2.05, 4.69) is 61.7 Å². The third kappa shape index (κ3) is 4.77. The van der Waals surface area contributed by atoms with Crippen molar-refractivity contribution >= 4 is 11.5 Å². The average molecular weight is 388 g/mol. The van der Waals surface area contributed by atoms with E-state index in [0.717, 1.165) is 36.1 Å². The first-order valence-corrected chi connectivity index (χ1v) is 10.3. The first-order chi connectivity index (χ1) is 13.8. The second-order valence-corrected chi connectivity index (χ2v) is 9.04. The predicted octanol–water partition coefficient (Wildman–Crippen LogP) is 5.44. The van der Waals surface area contributed by atoms with Crippen molar-refractivity contribution in [3.05, 3.63) is 53.1 Å². The molecule has 0 heterocycles. The summed E-state index contributed by atoms with van der Waals surface area (Å²) in [6.45, 7) is 9.82.